The highest BCUT2D eigenvalue weighted by atomic mass is 32.1. The maximum absolute atomic E-state index is 14.5. The van der Waals surface area contributed by atoms with Gasteiger partial charge in [-0.25, -0.2) is 13.8 Å². The van der Waals surface area contributed by atoms with Crippen LogP contribution in [0.15, 0.2) is 40.2 Å². The van der Waals surface area contributed by atoms with Crippen molar-refractivity contribution in [2.75, 3.05) is 13.7 Å². The summed E-state index contributed by atoms with van der Waals surface area (Å²) >= 11 is 1.10. The number of ether oxygens (including phenoxy) is 2. The average molecular weight is 584 g/mol. The van der Waals surface area contributed by atoms with E-state index in [1.165, 1.54) is 60.9 Å². The van der Waals surface area contributed by atoms with E-state index in [0.717, 1.165) is 15.9 Å². The van der Waals surface area contributed by atoms with Gasteiger partial charge in [-0.1, -0.05) is 11.3 Å². The lowest BCUT2D eigenvalue weighted by Gasteiger charge is -2.27. The number of rotatable bonds is 10. The Morgan fingerprint density at radius 1 is 1.22 bits per heavy atom. The predicted octanol–water partition coefficient (Wildman–Crippen LogP) is 2.79. The van der Waals surface area contributed by atoms with Gasteiger partial charge in [0.05, 0.1) is 49.5 Å². The number of nitrogens with two attached hydrogens (primary N) is 1. The summed E-state index contributed by atoms with van der Waals surface area (Å²) in [6, 6.07) is 6.05. The van der Waals surface area contributed by atoms with Crippen LogP contribution in [0, 0.1) is 29.5 Å². The van der Waals surface area contributed by atoms with Crippen LogP contribution in [0.2, 0.25) is 0 Å². The summed E-state index contributed by atoms with van der Waals surface area (Å²) in [5.41, 5.74) is 2.27. The molecule has 14 heteroatoms. The molecule has 0 unspecified atom stereocenters. The van der Waals surface area contributed by atoms with Crippen molar-refractivity contribution in [3.05, 3.63) is 68.4 Å². The van der Waals surface area contributed by atoms with E-state index in [4.69, 9.17) is 15.2 Å². The molecule has 4 rings (SSSR count). The predicted molar refractivity (Wildman–Crippen MR) is 150 cm³/mol. The number of nitrogens with zero attached hydrogens (tertiary/aromatic N) is 6. The van der Waals surface area contributed by atoms with Gasteiger partial charge >= 0.3 is 5.69 Å². The van der Waals surface area contributed by atoms with E-state index < -0.39 is 40.0 Å². The van der Waals surface area contributed by atoms with Gasteiger partial charge in [-0.15, -0.1) is 4.80 Å². The Morgan fingerprint density at radius 3 is 2.46 bits per heavy atom. The largest absolute Gasteiger partial charge is 0.496 e. The molecule has 1 amide bonds. The summed E-state index contributed by atoms with van der Waals surface area (Å²) in [6.07, 6.45) is 1.94. The van der Waals surface area contributed by atoms with Gasteiger partial charge in [-0.3, -0.25) is 14.2 Å². The topological polar surface area (TPSA) is 160 Å². The molecule has 3 heterocycles. The monoisotopic (exact) mass is 583 g/mol. The minimum absolute atomic E-state index is 0.0654. The molecule has 2 N–H and O–H groups in total. The van der Waals surface area contributed by atoms with Gasteiger partial charge in [0.15, 0.2) is 0 Å². The van der Waals surface area contributed by atoms with E-state index in [1.807, 2.05) is 0 Å². The van der Waals surface area contributed by atoms with Crippen molar-refractivity contribution in [2.24, 2.45) is 11.1 Å². The Labute approximate surface area is 238 Å². The molecule has 0 saturated carbocycles. The van der Waals surface area contributed by atoms with E-state index >= 15 is 0 Å². The normalized spacial score (nSPS) is 12.8. The van der Waals surface area contributed by atoms with Gasteiger partial charge in [0, 0.05) is 11.1 Å². The third-order valence-electron chi connectivity index (χ3n) is 6.78. The minimum Gasteiger partial charge on any atom is -0.496 e. The summed E-state index contributed by atoms with van der Waals surface area (Å²) in [5, 5.41) is 18.5. The Hall–Kier alpha value is -4.35. The van der Waals surface area contributed by atoms with Crippen molar-refractivity contribution in [3.8, 4) is 16.8 Å². The quantitative estimate of drug-likeness (QED) is 0.298. The number of benzene rings is 1. The van der Waals surface area contributed by atoms with Gasteiger partial charge in [0.1, 0.15) is 33.0 Å². The molecule has 1 aromatic carbocycles. The zero-order valence-electron chi connectivity index (χ0n) is 23.5. The molecular weight excluding hydrogens is 553 g/mol. The number of aromatic nitrogens is 5. The number of hydrogen-bond donors (Lipinski definition) is 1. The lowest BCUT2D eigenvalue weighted by Crippen LogP contribution is -2.54. The molecule has 0 spiro atoms. The number of fused-ring (bicyclic) bond motifs is 1. The number of primary amides is 1. The van der Waals surface area contributed by atoms with Crippen LogP contribution in [0.4, 0.5) is 4.39 Å². The van der Waals surface area contributed by atoms with Crippen LogP contribution < -0.4 is 21.7 Å². The van der Waals surface area contributed by atoms with Gasteiger partial charge < -0.3 is 15.2 Å². The summed E-state index contributed by atoms with van der Waals surface area (Å²) in [5.74, 6) is -1.16. The number of aryl methyl sites for hydroxylation is 1. The van der Waals surface area contributed by atoms with Crippen LogP contribution in [-0.4, -0.2) is 43.8 Å². The maximum atomic E-state index is 14.5. The van der Waals surface area contributed by atoms with E-state index in [2.05, 4.69) is 16.3 Å². The first-order chi connectivity index (χ1) is 19.2. The lowest BCUT2D eigenvalue weighted by atomic mass is 9.97. The van der Waals surface area contributed by atoms with Gasteiger partial charge in [0.25, 0.3) is 5.56 Å². The second-order valence-corrected chi connectivity index (χ2v) is 11.6. The summed E-state index contributed by atoms with van der Waals surface area (Å²) in [7, 11) is 1.42. The van der Waals surface area contributed by atoms with Crippen molar-refractivity contribution in [1.29, 1.82) is 5.26 Å². The number of carbonyl (C=O) groups is 1. The number of amides is 1. The van der Waals surface area contributed by atoms with Crippen LogP contribution in [0.25, 0.3) is 15.2 Å². The van der Waals surface area contributed by atoms with E-state index in [-0.39, 0.29) is 28.9 Å². The molecule has 0 aliphatic rings. The van der Waals surface area contributed by atoms with E-state index in [0.29, 0.717) is 16.3 Å². The minimum atomic E-state index is -1.70. The number of thiophene rings is 1. The van der Waals surface area contributed by atoms with Gasteiger partial charge in [-0.2, -0.15) is 15.5 Å². The van der Waals surface area contributed by atoms with Crippen LogP contribution in [0.1, 0.15) is 44.9 Å². The molecule has 1 atom stereocenters. The molecule has 0 bridgehead atoms. The van der Waals surface area contributed by atoms with Crippen molar-refractivity contribution < 1.29 is 18.7 Å². The van der Waals surface area contributed by atoms with Crippen molar-refractivity contribution in [1.82, 2.24) is 24.1 Å². The third-order valence-corrected chi connectivity index (χ3v) is 8.07. The molecule has 0 radical (unpaired) electrons. The number of nitriles is 1. The highest BCUT2D eigenvalue weighted by molar-refractivity contribution is 7.21. The fourth-order valence-electron chi connectivity index (χ4n) is 4.31. The maximum Gasteiger partial charge on any atom is 0.333 e. The fraction of sp³-hybridized carbons (Fsp3) is 0.407. The number of carbonyl (C=O) groups excluding carboxylic acids is 1. The van der Waals surface area contributed by atoms with Crippen LogP contribution in [0.5, 0.6) is 5.75 Å². The van der Waals surface area contributed by atoms with Crippen molar-refractivity contribution in [3.63, 3.8) is 0 Å². The zero-order valence-corrected chi connectivity index (χ0v) is 24.3. The first-order valence-electron chi connectivity index (χ1n) is 12.6. The second-order valence-electron chi connectivity index (χ2n) is 10.7. The van der Waals surface area contributed by atoms with Crippen molar-refractivity contribution in [2.45, 2.75) is 52.8 Å². The third kappa shape index (κ3) is 5.38. The van der Waals surface area contributed by atoms with E-state index in [1.54, 1.807) is 20.8 Å². The highest BCUT2D eigenvalue weighted by Gasteiger charge is 2.35. The lowest BCUT2D eigenvalue weighted by molar-refractivity contribution is -0.125. The zero-order chi connectivity index (χ0) is 30.3. The molecule has 3 aromatic heterocycles. The van der Waals surface area contributed by atoms with Gasteiger partial charge in [0.2, 0.25) is 5.91 Å². The molecule has 0 saturated heterocycles. The molecule has 0 aliphatic heterocycles. The van der Waals surface area contributed by atoms with E-state index in [9.17, 15) is 24.0 Å². The Kier molecular flexibility index (Phi) is 7.88. The second kappa shape index (κ2) is 10.9. The van der Waals surface area contributed by atoms with Crippen molar-refractivity contribution >= 4 is 27.5 Å². The standard InChI is InChI=1S/C27H30FN7O5S/c1-15-20-21(36)34(27(4,5)24(30)37)25(38)33(23(20)41-22(15)35-31-9-10-32-35)12-19(40-14-26(2,3)13-29)17-11-16(28)7-8-18(17)39-6/h7-11,19H,12,14H2,1-6H3,(H2,30,37)/t19-/m0/s1. The molecular formula is C27H30FN7O5S. The smallest absolute Gasteiger partial charge is 0.333 e. The molecule has 216 valence electrons. The average Bonchev–Trinajstić information content (AvgIpc) is 3.56. The first-order valence-corrected chi connectivity index (χ1v) is 13.4. The highest BCUT2D eigenvalue weighted by Crippen LogP contribution is 2.35. The van der Waals surface area contributed by atoms with Gasteiger partial charge in [-0.05, 0) is 52.8 Å². The Morgan fingerprint density at radius 2 is 1.88 bits per heavy atom. The Bertz CT molecular complexity index is 1780. The summed E-state index contributed by atoms with van der Waals surface area (Å²) in [6.45, 7) is 7.52. The number of hydrogen-bond acceptors (Lipinski definition) is 9. The number of methoxy groups -OCH3 is 1. The number of halogens is 1. The summed E-state index contributed by atoms with van der Waals surface area (Å²) < 4.78 is 28.2. The SMILES string of the molecule is COc1ccc(F)cc1[C@H](Cn1c(=O)n(C(C)(C)C(N)=O)c(=O)c2c(C)c(-n3nccn3)sc21)OCC(C)(C)C#N. The molecule has 41 heavy (non-hydrogen) atoms. The van der Waals surface area contributed by atoms with Crippen LogP contribution in [-0.2, 0) is 21.6 Å². The molecule has 4 aromatic rings. The molecule has 12 nitrogen and oxygen atoms in total. The summed E-state index contributed by atoms with van der Waals surface area (Å²) in [4.78, 5) is 41.9. The fourth-order valence-corrected chi connectivity index (χ4v) is 5.53. The molecule has 0 aliphatic carbocycles. The van der Waals surface area contributed by atoms with Crippen LogP contribution >= 0.6 is 11.3 Å². The molecule has 0 fully saturated rings. The Balaban J connectivity index is 2.04. The first kappa shape index (κ1) is 29.6. The van der Waals surface area contributed by atoms with Crippen LogP contribution in [0.3, 0.4) is 0 Å².